The van der Waals surface area contributed by atoms with Crippen LogP contribution < -0.4 is 15.4 Å². The van der Waals surface area contributed by atoms with Gasteiger partial charge in [0.1, 0.15) is 5.75 Å². The molecule has 6 heteroatoms. The van der Waals surface area contributed by atoms with E-state index in [0.717, 1.165) is 3.57 Å². The molecule has 0 aliphatic carbocycles. The number of rotatable bonds is 6. The van der Waals surface area contributed by atoms with E-state index >= 15 is 0 Å². The summed E-state index contributed by atoms with van der Waals surface area (Å²) in [6.45, 7) is 3.64. The van der Waals surface area contributed by atoms with Gasteiger partial charge in [0.25, 0.3) is 11.8 Å². The van der Waals surface area contributed by atoms with Gasteiger partial charge in [-0.15, -0.1) is 0 Å². The molecule has 0 aliphatic heterocycles. The number of para-hydroxylation sites is 1. The lowest BCUT2D eigenvalue weighted by Crippen LogP contribution is -2.31. The molecule has 0 radical (unpaired) electrons. The highest BCUT2D eigenvalue weighted by molar-refractivity contribution is 14.1. The monoisotopic (exact) mass is 438 g/mol. The zero-order chi connectivity index (χ0) is 17.5. The van der Waals surface area contributed by atoms with Crippen LogP contribution in [0.5, 0.6) is 5.75 Å². The van der Waals surface area contributed by atoms with Gasteiger partial charge in [0.05, 0.1) is 11.3 Å². The minimum absolute atomic E-state index is 0.0190. The lowest BCUT2D eigenvalue weighted by molar-refractivity contribution is -0.118. The van der Waals surface area contributed by atoms with E-state index in [4.69, 9.17) is 4.74 Å². The molecule has 5 nitrogen and oxygen atoms in total. The molecule has 0 aliphatic rings. The van der Waals surface area contributed by atoms with Crippen molar-refractivity contribution in [2.45, 2.75) is 19.9 Å². The van der Waals surface area contributed by atoms with Crippen molar-refractivity contribution in [2.75, 3.05) is 11.9 Å². The van der Waals surface area contributed by atoms with Gasteiger partial charge in [-0.1, -0.05) is 12.1 Å². The molecule has 0 fully saturated rings. The number of carbonyl (C=O) groups is 2. The first-order chi connectivity index (χ1) is 11.5. The molecule has 0 saturated carbocycles. The molecule has 0 saturated heterocycles. The van der Waals surface area contributed by atoms with Gasteiger partial charge in [0, 0.05) is 9.61 Å². The molecule has 0 bridgehead atoms. The number of ether oxygens (including phenoxy) is 1. The fourth-order valence-corrected chi connectivity index (χ4v) is 2.36. The zero-order valence-corrected chi connectivity index (χ0v) is 15.7. The number of benzene rings is 2. The molecule has 24 heavy (non-hydrogen) atoms. The van der Waals surface area contributed by atoms with E-state index in [1.54, 1.807) is 36.4 Å². The van der Waals surface area contributed by atoms with Gasteiger partial charge >= 0.3 is 0 Å². The molecule has 0 atom stereocenters. The summed E-state index contributed by atoms with van der Waals surface area (Å²) in [6, 6.07) is 14.3. The van der Waals surface area contributed by atoms with Crippen molar-refractivity contribution in [3.8, 4) is 5.75 Å². The molecule has 2 aromatic carbocycles. The Kier molecular flexibility index (Phi) is 6.60. The molecule has 2 amide bonds. The standard InChI is InChI=1S/C18H19IN2O3/c1-12(2)20-18(23)15-5-3-4-6-16(15)21-17(22)11-24-14-9-7-13(19)8-10-14/h3-10,12H,11H2,1-2H3,(H,20,23)(H,21,22). The van der Waals surface area contributed by atoms with Crippen LogP contribution in [-0.2, 0) is 4.79 Å². The van der Waals surface area contributed by atoms with Gasteiger partial charge in [-0.25, -0.2) is 0 Å². The summed E-state index contributed by atoms with van der Waals surface area (Å²) in [5.74, 6) is 0.0780. The van der Waals surface area contributed by atoms with E-state index in [2.05, 4.69) is 33.2 Å². The van der Waals surface area contributed by atoms with E-state index in [-0.39, 0.29) is 24.5 Å². The molecule has 2 aromatic rings. The van der Waals surface area contributed by atoms with Gasteiger partial charge in [-0.3, -0.25) is 9.59 Å². The van der Waals surface area contributed by atoms with Gasteiger partial charge in [-0.05, 0) is 72.8 Å². The van der Waals surface area contributed by atoms with E-state index < -0.39 is 0 Å². The lowest BCUT2D eigenvalue weighted by Gasteiger charge is -2.13. The number of hydrogen-bond acceptors (Lipinski definition) is 3. The molecular formula is C18H19IN2O3. The number of carbonyl (C=O) groups excluding carboxylic acids is 2. The second kappa shape index (κ2) is 8.68. The van der Waals surface area contributed by atoms with Crippen molar-refractivity contribution < 1.29 is 14.3 Å². The Hall–Kier alpha value is -2.09. The Morgan fingerprint density at radius 1 is 1.08 bits per heavy atom. The number of anilines is 1. The second-order valence-corrected chi connectivity index (χ2v) is 6.71. The smallest absolute Gasteiger partial charge is 0.262 e. The highest BCUT2D eigenvalue weighted by Crippen LogP contribution is 2.16. The summed E-state index contributed by atoms with van der Waals surface area (Å²) in [7, 11) is 0. The Morgan fingerprint density at radius 2 is 1.75 bits per heavy atom. The SMILES string of the molecule is CC(C)NC(=O)c1ccccc1NC(=O)COc1ccc(I)cc1. The maximum absolute atomic E-state index is 12.2. The predicted octanol–water partition coefficient (Wildman–Crippen LogP) is 3.45. The molecule has 0 spiro atoms. The summed E-state index contributed by atoms with van der Waals surface area (Å²) in [5.41, 5.74) is 0.890. The van der Waals surface area contributed by atoms with Crippen molar-refractivity contribution in [2.24, 2.45) is 0 Å². The van der Waals surface area contributed by atoms with Crippen LogP contribution in [-0.4, -0.2) is 24.5 Å². The van der Waals surface area contributed by atoms with Crippen LogP contribution in [0.3, 0.4) is 0 Å². The van der Waals surface area contributed by atoms with Crippen molar-refractivity contribution in [3.63, 3.8) is 0 Å². The largest absolute Gasteiger partial charge is 0.484 e. The average Bonchev–Trinajstić information content (AvgIpc) is 2.54. The van der Waals surface area contributed by atoms with E-state index in [1.165, 1.54) is 0 Å². The van der Waals surface area contributed by atoms with Crippen LogP contribution in [0.2, 0.25) is 0 Å². The number of halogens is 1. The maximum Gasteiger partial charge on any atom is 0.262 e. The van der Waals surface area contributed by atoms with Crippen LogP contribution in [0.25, 0.3) is 0 Å². The predicted molar refractivity (Wildman–Crippen MR) is 102 cm³/mol. The summed E-state index contributed by atoms with van der Waals surface area (Å²) in [5, 5.41) is 5.53. The summed E-state index contributed by atoms with van der Waals surface area (Å²) in [4.78, 5) is 24.3. The van der Waals surface area contributed by atoms with Crippen LogP contribution in [0.1, 0.15) is 24.2 Å². The van der Waals surface area contributed by atoms with E-state index in [9.17, 15) is 9.59 Å². The summed E-state index contributed by atoms with van der Waals surface area (Å²) in [6.07, 6.45) is 0. The minimum Gasteiger partial charge on any atom is -0.484 e. The molecule has 2 N–H and O–H groups in total. The van der Waals surface area contributed by atoms with Gasteiger partial charge in [0.15, 0.2) is 6.61 Å². The summed E-state index contributed by atoms with van der Waals surface area (Å²) >= 11 is 2.20. The quantitative estimate of drug-likeness (QED) is 0.680. The first-order valence-electron chi connectivity index (χ1n) is 7.54. The highest BCUT2D eigenvalue weighted by Gasteiger charge is 2.14. The Bertz CT molecular complexity index is 714. The third-order valence-electron chi connectivity index (χ3n) is 3.05. The van der Waals surface area contributed by atoms with Crippen molar-refractivity contribution >= 4 is 40.1 Å². The molecular weight excluding hydrogens is 419 g/mol. The maximum atomic E-state index is 12.2. The van der Waals surface area contributed by atoms with Crippen LogP contribution in [0.4, 0.5) is 5.69 Å². The number of nitrogens with one attached hydrogen (secondary N) is 2. The molecule has 0 unspecified atom stereocenters. The van der Waals surface area contributed by atoms with Crippen LogP contribution in [0.15, 0.2) is 48.5 Å². The number of hydrogen-bond donors (Lipinski definition) is 2. The minimum atomic E-state index is -0.321. The van der Waals surface area contributed by atoms with Crippen LogP contribution >= 0.6 is 22.6 Å². The third kappa shape index (κ3) is 5.52. The third-order valence-corrected chi connectivity index (χ3v) is 3.77. The van der Waals surface area contributed by atoms with Crippen molar-refractivity contribution in [3.05, 3.63) is 57.7 Å². The fourth-order valence-electron chi connectivity index (χ4n) is 2.00. The topological polar surface area (TPSA) is 67.4 Å². The van der Waals surface area contributed by atoms with E-state index in [1.807, 2.05) is 26.0 Å². The normalized spacial score (nSPS) is 10.3. The lowest BCUT2D eigenvalue weighted by atomic mass is 10.1. The molecule has 0 aromatic heterocycles. The molecule has 2 rings (SSSR count). The molecule has 0 heterocycles. The second-order valence-electron chi connectivity index (χ2n) is 5.46. The first-order valence-corrected chi connectivity index (χ1v) is 8.61. The van der Waals surface area contributed by atoms with Gasteiger partial charge in [0.2, 0.25) is 0 Å². The van der Waals surface area contributed by atoms with Crippen molar-refractivity contribution in [1.29, 1.82) is 0 Å². The van der Waals surface area contributed by atoms with Crippen molar-refractivity contribution in [1.82, 2.24) is 5.32 Å². The first kappa shape index (κ1) is 18.3. The summed E-state index contributed by atoms with van der Waals surface area (Å²) < 4.78 is 6.54. The Labute approximate surface area is 154 Å². The van der Waals surface area contributed by atoms with Gasteiger partial charge < -0.3 is 15.4 Å². The Morgan fingerprint density at radius 3 is 2.42 bits per heavy atom. The van der Waals surface area contributed by atoms with Gasteiger partial charge in [-0.2, -0.15) is 0 Å². The number of amides is 2. The van der Waals surface area contributed by atoms with Crippen LogP contribution in [0, 0.1) is 3.57 Å². The Balaban J connectivity index is 1.98. The van der Waals surface area contributed by atoms with E-state index in [0.29, 0.717) is 17.0 Å². The molecule has 126 valence electrons. The highest BCUT2D eigenvalue weighted by atomic mass is 127. The zero-order valence-electron chi connectivity index (χ0n) is 13.5. The average molecular weight is 438 g/mol. The fraction of sp³-hybridized carbons (Fsp3) is 0.222.